The van der Waals surface area contributed by atoms with E-state index in [0.717, 1.165) is 5.56 Å². The molecule has 0 spiro atoms. The summed E-state index contributed by atoms with van der Waals surface area (Å²) in [5.74, 6) is 1.45. The van der Waals surface area contributed by atoms with Crippen molar-refractivity contribution in [3.63, 3.8) is 0 Å². The predicted octanol–water partition coefficient (Wildman–Crippen LogP) is 5.77. The van der Waals surface area contributed by atoms with Gasteiger partial charge in [-0.3, -0.25) is 0 Å². The smallest absolute Gasteiger partial charge is 0.276 e. The molecular weight excluding hydrogens is 600 g/mol. The Labute approximate surface area is 214 Å². The van der Waals surface area contributed by atoms with Gasteiger partial charge in [0, 0.05) is 10.6 Å². The predicted molar refractivity (Wildman–Crippen MR) is 135 cm³/mol. The molecule has 3 aromatic rings. The molecule has 0 aliphatic rings. The summed E-state index contributed by atoms with van der Waals surface area (Å²) in [4.78, 5) is 2.23. The van der Waals surface area contributed by atoms with Crippen molar-refractivity contribution in [1.29, 1.82) is 0 Å². The quantitative estimate of drug-likeness (QED) is 0.243. The Morgan fingerprint density at radius 2 is 1.73 bits per heavy atom. The number of nitrogens with zero attached hydrogens (tertiary/aromatic N) is 1. The average molecular weight is 619 g/mol. The van der Waals surface area contributed by atoms with Crippen LogP contribution in [0.3, 0.4) is 0 Å². The molecule has 33 heavy (non-hydrogen) atoms. The first-order valence-electron chi connectivity index (χ1n) is 9.37. The number of halogens is 3. The fourth-order valence-corrected chi connectivity index (χ4v) is 5.03. The van der Waals surface area contributed by atoms with Crippen LogP contribution in [0.1, 0.15) is 11.1 Å². The molecule has 0 bridgehead atoms. The highest BCUT2D eigenvalue weighted by atomic mass is 79.9. The lowest BCUT2D eigenvalue weighted by Crippen LogP contribution is -2.18. The molecule has 0 atom stereocenters. The second-order valence-electron chi connectivity index (χ2n) is 6.56. The molecular formula is C22H19Br2ClN2O5S. The number of ether oxygens (including phenoxy) is 3. The zero-order valence-corrected chi connectivity index (χ0v) is 22.3. The number of benzene rings is 3. The highest BCUT2D eigenvalue weighted by Crippen LogP contribution is 2.37. The van der Waals surface area contributed by atoms with Gasteiger partial charge in [-0.05, 0) is 73.8 Å². The van der Waals surface area contributed by atoms with E-state index in [0.29, 0.717) is 36.8 Å². The van der Waals surface area contributed by atoms with E-state index in [2.05, 4.69) is 41.8 Å². The van der Waals surface area contributed by atoms with Crippen LogP contribution >= 0.6 is 43.5 Å². The van der Waals surface area contributed by atoms with Gasteiger partial charge in [-0.1, -0.05) is 29.8 Å². The minimum atomic E-state index is -3.87. The summed E-state index contributed by atoms with van der Waals surface area (Å²) in [5, 5.41) is 4.47. The van der Waals surface area contributed by atoms with Crippen molar-refractivity contribution in [2.45, 2.75) is 11.5 Å². The molecule has 174 valence electrons. The zero-order chi connectivity index (χ0) is 24.0. The number of hydrogen-bond donors (Lipinski definition) is 1. The third-order valence-electron chi connectivity index (χ3n) is 4.40. The van der Waals surface area contributed by atoms with Crippen molar-refractivity contribution in [3.05, 3.63) is 79.7 Å². The SMILES string of the molecule is COc1ccc(S(=O)(=O)N/N=C\c2cc(Br)c(OCc3ccccc3Cl)c(OC)c2)cc1Br. The Bertz CT molecular complexity index is 1290. The number of hydrazone groups is 1. The molecule has 0 fully saturated rings. The number of hydrogen-bond acceptors (Lipinski definition) is 6. The Morgan fingerprint density at radius 1 is 1.00 bits per heavy atom. The maximum atomic E-state index is 12.5. The lowest BCUT2D eigenvalue weighted by Gasteiger charge is -2.14. The van der Waals surface area contributed by atoms with Crippen molar-refractivity contribution >= 4 is 59.7 Å². The summed E-state index contributed by atoms with van der Waals surface area (Å²) in [6.45, 7) is 0.249. The van der Waals surface area contributed by atoms with Crippen LogP contribution in [0.5, 0.6) is 17.2 Å². The highest BCUT2D eigenvalue weighted by Gasteiger charge is 2.16. The van der Waals surface area contributed by atoms with E-state index in [4.69, 9.17) is 25.8 Å². The normalized spacial score (nSPS) is 11.4. The van der Waals surface area contributed by atoms with Gasteiger partial charge in [0.1, 0.15) is 12.4 Å². The van der Waals surface area contributed by atoms with E-state index in [1.54, 1.807) is 24.3 Å². The summed E-state index contributed by atoms with van der Waals surface area (Å²) < 4.78 is 42.6. The van der Waals surface area contributed by atoms with Gasteiger partial charge in [0.25, 0.3) is 10.0 Å². The van der Waals surface area contributed by atoms with E-state index < -0.39 is 10.0 Å². The van der Waals surface area contributed by atoms with Gasteiger partial charge in [0.15, 0.2) is 11.5 Å². The second-order valence-corrected chi connectivity index (χ2v) is 10.3. The lowest BCUT2D eigenvalue weighted by molar-refractivity contribution is 0.282. The van der Waals surface area contributed by atoms with Crippen LogP contribution in [0.25, 0.3) is 0 Å². The Balaban J connectivity index is 1.75. The van der Waals surface area contributed by atoms with Crippen molar-refractivity contribution in [2.24, 2.45) is 5.10 Å². The number of methoxy groups -OCH3 is 2. The van der Waals surface area contributed by atoms with E-state index >= 15 is 0 Å². The highest BCUT2D eigenvalue weighted by molar-refractivity contribution is 9.11. The average Bonchev–Trinajstić information content (AvgIpc) is 2.78. The standard InChI is InChI=1S/C22H19Br2ClN2O5S/c1-30-20-8-7-16(11-17(20)23)33(28,29)27-26-12-14-9-18(24)22(21(10-14)31-2)32-13-15-5-3-4-6-19(15)25/h3-12,27H,13H2,1-2H3/b26-12-. The number of nitrogens with one attached hydrogen (secondary N) is 1. The largest absolute Gasteiger partial charge is 0.496 e. The van der Waals surface area contributed by atoms with Crippen LogP contribution < -0.4 is 19.0 Å². The third-order valence-corrected chi connectivity index (χ3v) is 7.20. The summed E-state index contributed by atoms with van der Waals surface area (Å²) in [7, 11) is -0.863. The van der Waals surface area contributed by atoms with Gasteiger partial charge in [-0.15, -0.1) is 0 Å². The molecule has 1 N–H and O–H groups in total. The van der Waals surface area contributed by atoms with Crippen LogP contribution in [0, 0.1) is 0 Å². The van der Waals surface area contributed by atoms with E-state index in [1.807, 2.05) is 18.2 Å². The molecule has 3 rings (SSSR count). The van der Waals surface area contributed by atoms with Crippen molar-refractivity contribution < 1.29 is 22.6 Å². The van der Waals surface area contributed by atoms with Crippen LogP contribution in [-0.2, 0) is 16.6 Å². The maximum Gasteiger partial charge on any atom is 0.276 e. The third kappa shape index (κ3) is 6.41. The Kier molecular flexibility index (Phi) is 8.63. The topological polar surface area (TPSA) is 86.2 Å². The fourth-order valence-electron chi connectivity index (χ4n) is 2.76. The first-order chi connectivity index (χ1) is 15.7. The molecule has 0 heterocycles. The van der Waals surface area contributed by atoms with Gasteiger partial charge in [0.05, 0.1) is 34.3 Å². The molecule has 3 aromatic carbocycles. The van der Waals surface area contributed by atoms with Gasteiger partial charge in [-0.25, -0.2) is 4.83 Å². The van der Waals surface area contributed by atoms with Gasteiger partial charge in [0.2, 0.25) is 0 Å². The van der Waals surface area contributed by atoms with Crippen LogP contribution in [-0.4, -0.2) is 28.9 Å². The second kappa shape index (κ2) is 11.2. The molecule has 0 aromatic heterocycles. The zero-order valence-electron chi connectivity index (χ0n) is 17.5. The number of sulfonamides is 1. The number of rotatable bonds is 9. The fraction of sp³-hybridized carbons (Fsp3) is 0.136. The van der Waals surface area contributed by atoms with Gasteiger partial charge >= 0.3 is 0 Å². The van der Waals surface area contributed by atoms with Crippen molar-refractivity contribution in [1.82, 2.24) is 4.83 Å². The Morgan fingerprint density at radius 3 is 2.39 bits per heavy atom. The van der Waals surface area contributed by atoms with Crippen molar-refractivity contribution in [2.75, 3.05) is 14.2 Å². The molecule has 0 radical (unpaired) electrons. The first-order valence-corrected chi connectivity index (χ1v) is 12.8. The lowest BCUT2D eigenvalue weighted by atomic mass is 10.2. The minimum Gasteiger partial charge on any atom is -0.496 e. The first kappa shape index (κ1) is 25.4. The maximum absolute atomic E-state index is 12.5. The molecule has 0 saturated carbocycles. The van der Waals surface area contributed by atoms with Gasteiger partial charge < -0.3 is 14.2 Å². The molecule has 0 amide bonds. The molecule has 0 unspecified atom stereocenters. The van der Waals surface area contributed by atoms with Gasteiger partial charge in [-0.2, -0.15) is 13.5 Å². The van der Waals surface area contributed by atoms with Crippen LogP contribution in [0.4, 0.5) is 0 Å². The van der Waals surface area contributed by atoms with Crippen molar-refractivity contribution in [3.8, 4) is 17.2 Å². The minimum absolute atomic E-state index is 0.0365. The summed E-state index contributed by atoms with van der Waals surface area (Å²) in [6, 6.07) is 15.2. The molecule has 7 nitrogen and oxygen atoms in total. The molecule has 0 aliphatic heterocycles. The Hall–Kier alpha value is -2.27. The molecule has 0 aliphatic carbocycles. The van der Waals surface area contributed by atoms with E-state index in [1.165, 1.54) is 32.6 Å². The molecule has 0 saturated heterocycles. The summed E-state index contributed by atoms with van der Waals surface area (Å²) in [5.41, 5.74) is 1.42. The van der Waals surface area contributed by atoms with E-state index in [9.17, 15) is 8.42 Å². The summed E-state index contributed by atoms with van der Waals surface area (Å²) in [6.07, 6.45) is 1.36. The monoisotopic (exact) mass is 616 g/mol. The molecule has 11 heteroatoms. The van der Waals surface area contributed by atoms with Crippen LogP contribution in [0.2, 0.25) is 5.02 Å². The summed E-state index contributed by atoms with van der Waals surface area (Å²) >= 11 is 12.9. The van der Waals surface area contributed by atoms with E-state index in [-0.39, 0.29) is 11.5 Å². The van der Waals surface area contributed by atoms with Crippen LogP contribution in [0.15, 0.2) is 73.5 Å².